The van der Waals surface area contributed by atoms with Crippen molar-refractivity contribution < 1.29 is 9.47 Å². The summed E-state index contributed by atoms with van der Waals surface area (Å²) in [4.78, 5) is 2.22. The van der Waals surface area contributed by atoms with Crippen LogP contribution in [0.4, 0.5) is 0 Å². The molecule has 1 aliphatic heterocycles. The zero-order valence-corrected chi connectivity index (χ0v) is 13.2. The largest absolute Gasteiger partial charge is 0.493 e. The van der Waals surface area contributed by atoms with Gasteiger partial charge in [-0.25, -0.2) is 0 Å². The van der Waals surface area contributed by atoms with Crippen molar-refractivity contribution in [2.24, 2.45) is 5.73 Å². The summed E-state index contributed by atoms with van der Waals surface area (Å²) >= 11 is 3.51. The first-order valence-electron chi connectivity index (χ1n) is 6.47. The Hall–Kier alpha value is -0.780. The van der Waals surface area contributed by atoms with E-state index in [1.165, 1.54) is 0 Å². The third kappa shape index (κ3) is 3.22. The second-order valence-corrected chi connectivity index (χ2v) is 6.04. The maximum absolute atomic E-state index is 6.11. The quantitative estimate of drug-likeness (QED) is 0.900. The molecule has 1 heterocycles. The molecule has 1 aliphatic rings. The Kier molecular flexibility index (Phi) is 4.71. The number of likely N-dealkylation sites (tertiary alicyclic amines) is 1. The SMILES string of the molecule is COc1cc(Br)cc(C(C)CN)c1OC1CN(C)C1. The van der Waals surface area contributed by atoms with Crippen LogP contribution in [0.3, 0.4) is 0 Å². The summed E-state index contributed by atoms with van der Waals surface area (Å²) in [6.45, 7) is 4.59. The molecule has 2 N–H and O–H groups in total. The fourth-order valence-corrected chi connectivity index (χ4v) is 2.70. The van der Waals surface area contributed by atoms with Crippen molar-refractivity contribution >= 4 is 15.9 Å². The third-order valence-corrected chi connectivity index (χ3v) is 3.93. The molecule has 5 heteroatoms. The van der Waals surface area contributed by atoms with E-state index in [1.54, 1.807) is 7.11 Å². The molecule has 0 radical (unpaired) electrons. The maximum atomic E-state index is 6.11. The van der Waals surface area contributed by atoms with Crippen molar-refractivity contribution in [2.75, 3.05) is 33.8 Å². The van der Waals surface area contributed by atoms with Crippen molar-refractivity contribution in [3.63, 3.8) is 0 Å². The Morgan fingerprint density at radius 2 is 2.16 bits per heavy atom. The third-order valence-electron chi connectivity index (χ3n) is 3.47. The summed E-state index contributed by atoms with van der Waals surface area (Å²) in [6, 6.07) is 4.00. The highest BCUT2D eigenvalue weighted by Crippen LogP contribution is 2.39. The molecule has 1 aromatic rings. The monoisotopic (exact) mass is 328 g/mol. The van der Waals surface area contributed by atoms with Crippen molar-refractivity contribution in [1.29, 1.82) is 0 Å². The first kappa shape index (κ1) is 14.6. The average molecular weight is 329 g/mol. The molecule has 0 bridgehead atoms. The topological polar surface area (TPSA) is 47.7 Å². The molecule has 0 aromatic heterocycles. The van der Waals surface area contributed by atoms with Gasteiger partial charge in [0, 0.05) is 23.1 Å². The van der Waals surface area contributed by atoms with Gasteiger partial charge in [0.05, 0.1) is 7.11 Å². The normalized spacial score (nSPS) is 17.9. The van der Waals surface area contributed by atoms with Gasteiger partial charge in [-0.05, 0) is 31.6 Å². The minimum Gasteiger partial charge on any atom is -0.493 e. The molecule has 106 valence electrons. The minimum absolute atomic E-state index is 0.235. The van der Waals surface area contributed by atoms with Crippen LogP contribution in [0.5, 0.6) is 11.5 Å². The number of nitrogens with zero attached hydrogens (tertiary/aromatic N) is 1. The lowest BCUT2D eigenvalue weighted by atomic mass is 9.99. The summed E-state index contributed by atoms with van der Waals surface area (Å²) in [5.41, 5.74) is 6.89. The molecular weight excluding hydrogens is 308 g/mol. The highest BCUT2D eigenvalue weighted by Gasteiger charge is 2.28. The number of likely N-dealkylation sites (N-methyl/N-ethyl adjacent to an activating group) is 1. The van der Waals surface area contributed by atoms with Crippen molar-refractivity contribution in [3.05, 3.63) is 22.2 Å². The summed E-state index contributed by atoms with van der Waals surface area (Å²) in [7, 11) is 3.75. The van der Waals surface area contributed by atoms with Crippen LogP contribution < -0.4 is 15.2 Å². The molecule has 1 atom stereocenters. The van der Waals surface area contributed by atoms with Crippen LogP contribution in [0.2, 0.25) is 0 Å². The van der Waals surface area contributed by atoms with Gasteiger partial charge in [-0.1, -0.05) is 22.9 Å². The van der Waals surface area contributed by atoms with E-state index in [1.807, 2.05) is 6.07 Å². The lowest BCUT2D eigenvalue weighted by Crippen LogP contribution is -2.51. The summed E-state index contributed by atoms with van der Waals surface area (Å²) in [5.74, 6) is 1.83. The molecule has 1 saturated heterocycles. The van der Waals surface area contributed by atoms with Crippen LogP contribution in [0.25, 0.3) is 0 Å². The molecule has 0 saturated carbocycles. The first-order valence-corrected chi connectivity index (χ1v) is 7.27. The second-order valence-electron chi connectivity index (χ2n) is 5.12. The fraction of sp³-hybridized carbons (Fsp3) is 0.571. The van der Waals surface area contributed by atoms with Crippen LogP contribution in [-0.4, -0.2) is 44.8 Å². The standard InChI is InChI=1S/C14H21BrN2O2/c1-9(6-16)12-4-10(15)5-13(18-3)14(12)19-11-7-17(2)8-11/h4-5,9,11H,6-8,16H2,1-3H3. The summed E-state index contributed by atoms with van der Waals surface area (Å²) in [5, 5.41) is 0. The van der Waals surface area contributed by atoms with Gasteiger partial charge in [-0.2, -0.15) is 0 Å². The Morgan fingerprint density at radius 3 is 2.68 bits per heavy atom. The summed E-state index contributed by atoms with van der Waals surface area (Å²) in [6.07, 6.45) is 0.240. The van der Waals surface area contributed by atoms with Gasteiger partial charge in [-0.3, -0.25) is 4.90 Å². The molecule has 1 fully saturated rings. The van der Waals surface area contributed by atoms with E-state index < -0.39 is 0 Å². The molecule has 1 unspecified atom stereocenters. The van der Waals surface area contributed by atoms with Gasteiger partial charge < -0.3 is 15.2 Å². The van der Waals surface area contributed by atoms with Gasteiger partial charge >= 0.3 is 0 Å². The molecule has 4 nitrogen and oxygen atoms in total. The van der Waals surface area contributed by atoms with Gasteiger partial charge in [-0.15, -0.1) is 0 Å². The van der Waals surface area contributed by atoms with Crippen LogP contribution in [0, 0.1) is 0 Å². The highest BCUT2D eigenvalue weighted by molar-refractivity contribution is 9.10. The van der Waals surface area contributed by atoms with Crippen LogP contribution >= 0.6 is 15.9 Å². The number of ether oxygens (including phenoxy) is 2. The zero-order chi connectivity index (χ0) is 14.0. The van der Waals surface area contributed by atoms with Crippen molar-refractivity contribution in [2.45, 2.75) is 18.9 Å². The van der Waals surface area contributed by atoms with E-state index in [9.17, 15) is 0 Å². The predicted molar refractivity (Wildman–Crippen MR) is 80.1 cm³/mol. The number of hydrogen-bond acceptors (Lipinski definition) is 4. The van der Waals surface area contributed by atoms with E-state index in [2.05, 4.69) is 40.9 Å². The highest BCUT2D eigenvalue weighted by atomic mass is 79.9. The number of methoxy groups -OCH3 is 1. The van der Waals surface area contributed by atoms with E-state index in [0.29, 0.717) is 6.54 Å². The van der Waals surface area contributed by atoms with Crippen molar-refractivity contribution in [1.82, 2.24) is 4.90 Å². The van der Waals surface area contributed by atoms with Gasteiger partial charge in [0.1, 0.15) is 6.10 Å². The Bertz CT molecular complexity index is 447. The van der Waals surface area contributed by atoms with E-state index in [0.717, 1.165) is 34.6 Å². The Morgan fingerprint density at radius 1 is 1.47 bits per heavy atom. The Balaban J connectivity index is 2.31. The van der Waals surface area contributed by atoms with Gasteiger partial charge in [0.25, 0.3) is 0 Å². The molecule has 2 rings (SSSR count). The number of halogens is 1. The number of nitrogens with two attached hydrogens (primary N) is 1. The fourth-order valence-electron chi connectivity index (χ4n) is 2.24. The number of hydrogen-bond donors (Lipinski definition) is 1. The molecule has 19 heavy (non-hydrogen) atoms. The number of benzene rings is 1. The zero-order valence-electron chi connectivity index (χ0n) is 11.6. The molecular formula is C14H21BrN2O2. The van der Waals surface area contributed by atoms with Crippen LogP contribution in [0.1, 0.15) is 18.4 Å². The van der Waals surface area contributed by atoms with Gasteiger partial charge in [0.2, 0.25) is 0 Å². The van der Waals surface area contributed by atoms with Crippen LogP contribution in [0.15, 0.2) is 16.6 Å². The van der Waals surface area contributed by atoms with Gasteiger partial charge in [0.15, 0.2) is 11.5 Å². The lowest BCUT2D eigenvalue weighted by Gasteiger charge is -2.37. The summed E-state index contributed by atoms with van der Waals surface area (Å²) < 4.78 is 12.5. The average Bonchev–Trinajstić information content (AvgIpc) is 2.37. The second kappa shape index (κ2) is 6.11. The molecule has 1 aromatic carbocycles. The maximum Gasteiger partial charge on any atom is 0.165 e. The molecule has 0 aliphatic carbocycles. The number of rotatable bonds is 5. The van der Waals surface area contributed by atoms with Crippen LogP contribution in [-0.2, 0) is 0 Å². The Labute approximate surface area is 123 Å². The van der Waals surface area contributed by atoms with E-state index in [-0.39, 0.29) is 12.0 Å². The predicted octanol–water partition coefficient (Wildman–Crippen LogP) is 2.21. The smallest absolute Gasteiger partial charge is 0.165 e. The van der Waals surface area contributed by atoms with E-state index in [4.69, 9.17) is 15.2 Å². The van der Waals surface area contributed by atoms with E-state index >= 15 is 0 Å². The lowest BCUT2D eigenvalue weighted by molar-refractivity contribution is 0.0360. The van der Waals surface area contributed by atoms with Crippen molar-refractivity contribution in [3.8, 4) is 11.5 Å². The first-order chi connectivity index (χ1) is 9.05. The molecule has 0 spiro atoms. The molecule has 0 amide bonds. The minimum atomic E-state index is 0.235.